The highest BCUT2D eigenvalue weighted by Crippen LogP contribution is 2.23. The number of carbonyl (C=O) groups excluding carboxylic acids is 1. The van der Waals surface area contributed by atoms with Crippen LogP contribution in [0.4, 0.5) is 0 Å². The molecule has 0 spiro atoms. The first-order valence-electron chi connectivity index (χ1n) is 7.29. The quantitative estimate of drug-likeness (QED) is 0.806. The molecule has 0 unspecified atom stereocenters. The average molecular weight is 364 g/mol. The second-order valence-corrected chi connectivity index (χ2v) is 8.55. The summed E-state index contributed by atoms with van der Waals surface area (Å²) in [5.74, 6) is -0.400. The van der Waals surface area contributed by atoms with Gasteiger partial charge in [0, 0.05) is 29.6 Å². The molecule has 22 heavy (non-hydrogen) atoms. The van der Waals surface area contributed by atoms with Crippen LogP contribution in [0.5, 0.6) is 0 Å². The number of sulfone groups is 1. The molecule has 1 saturated heterocycles. The van der Waals surface area contributed by atoms with E-state index in [-0.39, 0.29) is 23.8 Å². The summed E-state index contributed by atoms with van der Waals surface area (Å²) in [5, 5.41) is 0.796. The van der Waals surface area contributed by atoms with Crippen molar-refractivity contribution in [3.05, 3.63) is 33.8 Å². The summed E-state index contributed by atoms with van der Waals surface area (Å²) in [4.78, 5) is 13.8. The van der Waals surface area contributed by atoms with Crippen LogP contribution in [0, 0.1) is 0 Å². The topological polar surface area (TPSA) is 54.5 Å². The molecular formula is C15H19Cl2NO3S. The van der Waals surface area contributed by atoms with Crippen LogP contribution in [0.15, 0.2) is 18.2 Å². The molecule has 1 heterocycles. The van der Waals surface area contributed by atoms with Gasteiger partial charge in [-0.05, 0) is 37.0 Å². The van der Waals surface area contributed by atoms with E-state index >= 15 is 0 Å². The van der Waals surface area contributed by atoms with E-state index in [2.05, 4.69) is 0 Å². The molecule has 0 bridgehead atoms. The Morgan fingerprint density at radius 1 is 1.14 bits per heavy atom. The fourth-order valence-corrected chi connectivity index (χ4v) is 4.40. The first-order chi connectivity index (χ1) is 10.4. The summed E-state index contributed by atoms with van der Waals surface area (Å²) in [6.45, 7) is 1.48. The van der Waals surface area contributed by atoms with Gasteiger partial charge in [-0.25, -0.2) is 8.42 Å². The van der Waals surface area contributed by atoms with Crippen LogP contribution in [-0.4, -0.2) is 38.1 Å². The van der Waals surface area contributed by atoms with E-state index in [1.54, 1.807) is 17.0 Å². The molecule has 0 saturated carbocycles. The number of carbonyl (C=O) groups is 1. The maximum absolute atomic E-state index is 12.2. The van der Waals surface area contributed by atoms with Crippen molar-refractivity contribution in [3.8, 4) is 0 Å². The molecule has 4 nitrogen and oxygen atoms in total. The SMILES string of the molecule is O=C(CCS(=O)(=O)Cc1ccc(Cl)cc1Cl)N1CCCCC1. The Morgan fingerprint density at radius 3 is 2.45 bits per heavy atom. The van der Waals surface area contributed by atoms with E-state index in [9.17, 15) is 13.2 Å². The fraction of sp³-hybridized carbons (Fsp3) is 0.533. The van der Waals surface area contributed by atoms with Crippen LogP contribution in [-0.2, 0) is 20.4 Å². The number of likely N-dealkylation sites (tertiary alicyclic amines) is 1. The van der Waals surface area contributed by atoms with Gasteiger partial charge >= 0.3 is 0 Å². The van der Waals surface area contributed by atoms with Gasteiger partial charge in [0.15, 0.2) is 9.84 Å². The second-order valence-electron chi connectivity index (χ2n) is 5.52. The van der Waals surface area contributed by atoms with Gasteiger partial charge in [-0.2, -0.15) is 0 Å². The lowest BCUT2D eigenvalue weighted by Gasteiger charge is -2.26. The average Bonchev–Trinajstić information content (AvgIpc) is 2.49. The Bertz CT molecular complexity index is 640. The standard InChI is InChI=1S/C15H19Cl2NO3S/c16-13-5-4-12(14(17)10-13)11-22(20,21)9-6-15(19)18-7-2-1-3-8-18/h4-5,10H,1-3,6-9,11H2. The third-order valence-corrected chi connectivity index (χ3v) is 5.89. The van der Waals surface area contributed by atoms with Crippen LogP contribution < -0.4 is 0 Å². The molecule has 0 atom stereocenters. The molecule has 0 radical (unpaired) electrons. The minimum absolute atomic E-state index is 0.0353. The number of rotatable bonds is 5. The molecule has 0 aliphatic carbocycles. The number of hydrogen-bond acceptors (Lipinski definition) is 3. The molecule has 1 aromatic rings. The summed E-state index contributed by atoms with van der Waals surface area (Å²) < 4.78 is 24.3. The van der Waals surface area contributed by atoms with E-state index in [0.717, 1.165) is 32.4 Å². The molecule has 7 heteroatoms. The van der Waals surface area contributed by atoms with E-state index in [1.165, 1.54) is 6.07 Å². The fourth-order valence-electron chi connectivity index (χ4n) is 2.49. The molecule has 1 aliphatic heterocycles. The van der Waals surface area contributed by atoms with Crippen LogP contribution in [0.2, 0.25) is 10.0 Å². The summed E-state index contributed by atoms with van der Waals surface area (Å²) in [7, 11) is -3.38. The van der Waals surface area contributed by atoms with Gasteiger partial charge in [-0.3, -0.25) is 4.79 Å². The smallest absolute Gasteiger partial charge is 0.223 e. The lowest BCUT2D eigenvalue weighted by atomic mass is 10.1. The van der Waals surface area contributed by atoms with Crippen molar-refractivity contribution in [2.45, 2.75) is 31.4 Å². The van der Waals surface area contributed by atoms with E-state index < -0.39 is 9.84 Å². The van der Waals surface area contributed by atoms with Gasteiger partial charge in [-0.1, -0.05) is 29.3 Å². The molecule has 1 amide bonds. The zero-order chi connectivity index (χ0) is 16.2. The molecule has 1 aromatic carbocycles. The maximum Gasteiger partial charge on any atom is 0.223 e. The van der Waals surface area contributed by atoms with Crippen LogP contribution in [0.25, 0.3) is 0 Å². The molecule has 0 aromatic heterocycles. The number of benzene rings is 1. The van der Waals surface area contributed by atoms with Gasteiger partial charge in [-0.15, -0.1) is 0 Å². The number of nitrogens with zero attached hydrogens (tertiary/aromatic N) is 1. The van der Waals surface area contributed by atoms with Crippen molar-refractivity contribution >= 4 is 38.9 Å². The maximum atomic E-state index is 12.2. The lowest BCUT2D eigenvalue weighted by molar-refractivity contribution is -0.131. The summed E-state index contributed by atoms with van der Waals surface area (Å²) >= 11 is 11.8. The number of amides is 1. The first-order valence-corrected chi connectivity index (χ1v) is 9.87. The Labute approximate surface area is 141 Å². The van der Waals surface area contributed by atoms with Crippen molar-refractivity contribution in [1.29, 1.82) is 0 Å². The minimum Gasteiger partial charge on any atom is -0.343 e. The highest BCUT2D eigenvalue weighted by Gasteiger charge is 2.20. The van der Waals surface area contributed by atoms with E-state index in [1.807, 2.05) is 0 Å². The zero-order valence-corrected chi connectivity index (χ0v) is 14.6. The van der Waals surface area contributed by atoms with Gasteiger partial charge in [0.05, 0.1) is 11.5 Å². The lowest BCUT2D eigenvalue weighted by Crippen LogP contribution is -2.36. The minimum atomic E-state index is -3.38. The summed E-state index contributed by atoms with van der Waals surface area (Å²) in [6, 6.07) is 4.73. The zero-order valence-electron chi connectivity index (χ0n) is 12.2. The van der Waals surface area contributed by atoms with Crippen molar-refractivity contribution in [3.63, 3.8) is 0 Å². The molecular weight excluding hydrogens is 345 g/mol. The van der Waals surface area contributed by atoms with Crippen molar-refractivity contribution in [1.82, 2.24) is 4.90 Å². The molecule has 122 valence electrons. The van der Waals surface area contributed by atoms with E-state index in [0.29, 0.717) is 15.6 Å². The number of piperidine rings is 1. The predicted octanol–water partition coefficient (Wildman–Crippen LogP) is 3.31. The summed E-state index contributed by atoms with van der Waals surface area (Å²) in [5.41, 5.74) is 0.511. The van der Waals surface area contributed by atoms with Crippen molar-refractivity contribution in [2.75, 3.05) is 18.8 Å². The highest BCUT2D eigenvalue weighted by molar-refractivity contribution is 7.90. The van der Waals surface area contributed by atoms with Gasteiger partial charge in [0.25, 0.3) is 0 Å². The number of halogens is 2. The third kappa shape index (κ3) is 5.14. The molecule has 1 fully saturated rings. The Balaban J connectivity index is 1.91. The number of hydrogen-bond donors (Lipinski definition) is 0. The molecule has 1 aliphatic rings. The molecule has 0 N–H and O–H groups in total. The second kappa shape index (κ2) is 7.66. The van der Waals surface area contributed by atoms with Crippen molar-refractivity contribution in [2.24, 2.45) is 0 Å². The van der Waals surface area contributed by atoms with Gasteiger partial charge in [0.1, 0.15) is 0 Å². The Kier molecular flexibility index (Phi) is 6.12. The first kappa shape index (κ1) is 17.6. The summed E-state index contributed by atoms with van der Waals surface area (Å²) in [6.07, 6.45) is 3.17. The Morgan fingerprint density at radius 2 is 1.82 bits per heavy atom. The Hall–Kier alpha value is -0.780. The van der Waals surface area contributed by atoms with Crippen molar-refractivity contribution < 1.29 is 13.2 Å². The van der Waals surface area contributed by atoms with Crippen LogP contribution >= 0.6 is 23.2 Å². The highest BCUT2D eigenvalue weighted by atomic mass is 35.5. The van der Waals surface area contributed by atoms with E-state index in [4.69, 9.17) is 23.2 Å². The largest absolute Gasteiger partial charge is 0.343 e. The van der Waals surface area contributed by atoms with Crippen LogP contribution in [0.1, 0.15) is 31.2 Å². The van der Waals surface area contributed by atoms with Crippen LogP contribution in [0.3, 0.4) is 0 Å². The monoisotopic (exact) mass is 363 g/mol. The predicted molar refractivity (Wildman–Crippen MR) is 89.0 cm³/mol. The third-order valence-electron chi connectivity index (χ3n) is 3.73. The van der Waals surface area contributed by atoms with Gasteiger partial charge < -0.3 is 4.90 Å². The normalized spacial score (nSPS) is 15.8. The molecule has 2 rings (SSSR count). The van der Waals surface area contributed by atoms with Gasteiger partial charge in [0.2, 0.25) is 5.91 Å².